The number of carbonyl (C=O) groups excluding carboxylic acids is 2. The zero-order valence-corrected chi connectivity index (χ0v) is 21.8. The molecule has 0 heterocycles. The van der Waals surface area contributed by atoms with Crippen molar-refractivity contribution in [3.8, 4) is 5.75 Å². The predicted octanol–water partition coefficient (Wildman–Crippen LogP) is 3.95. The van der Waals surface area contributed by atoms with E-state index in [1.54, 1.807) is 77.1 Å². The van der Waals surface area contributed by atoms with Gasteiger partial charge in [0.1, 0.15) is 17.4 Å². The summed E-state index contributed by atoms with van der Waals surface area (Å²) in [7, 11) is -3.96. The van der Waals surface area contributed by atoms with Gasteiger partial charge < -0.3 is 14.2 Å². The summed E-state index contributed by atoms with van der Waals surface area (Å²) in [5, 5.41) is 0. The Bertz CT molecular complexity index is 1090. The molecule has 192 valence electrons. The molecule has 0 unspecified atom stereocenters. The molecule has 0 aliphatic carbocycles. The van der Waals surface area contributed by atoms with Crippen LogP contribution in [0.2, 0.25) is 0 Å². The summed E-state index contributed by atoms with van der Waals surface area (Å²) in [5.74, 6) is -0.311. The smallest absolute Gasteiger partial charge is 0.325 e. The van der Waals surface area contributed by atoms with Crippen molar-refractivity contribution in [1.29, 1.82) is 0 Å². The number of hydrogen-bond donors (Lipinski definition) is 1. The average Bonchev–Trinajstić information content (AvgIpc) is 2.76. The van der Waals surface area contributed by atoms with E-state index in [-0.39, 0.29) is 23.7 Å². The van der Waals surface area contributed by atoms with Crippen LogP contribution in [0.15, 0.2) is 53.4 Å². The largest absolute Gasteiger partial charge is 0.494 e. The Kier molecular flexibility index (Phi) is 10.3. The molecule has 9 heteroatoms. The summed E-state index contributed by atoms with van der Waals surface area (Å²) in [5.41, 5.74) is 0.532. The van der Waals surface area contributed by atoms with Crippen LogP contribution in [0, 0.1) is 6.92 Å². The van der Waals surface area contributed by atoms with Gasteiger partial charge in [0.2, 0.25) is 10.0 Å². The summed E-state index contributed by atoms with van der Waals surface area (Å²) in [4.78, 5) is 24.4. The van der Waals surface area contributed by atoms with Gasteiger partial charge in [0.05, 0.1) is 18.1 Å². The fraction of sp³-hybridized carbons (Fsp3) is 0.462. The third-order valence-corrected chi connectivity index (χ3v) is 6.47. The van der Waals surface area contributed by atoms with Crippen LogP contribution >= 0.6 is 0 Å². The van der Waals surface area contributed by atoms with Crippen LogP contribution in [-0.4, -0.2) is 45.2 Å². The molecule has 0 bridgehead atoms. The zero-order chi connectivity index (χ0) is 26.1. The van der Waals surface area contributed by atoms with Gasteiger partial charge in [-0.1, -0.05) is 30.3 Å². The minimum Gasteiger partial charge on any atom is -0.494 e. The van der Waals surface area contributed by atoms with Gasteiger partial charge in [-0.05, 0) is 76.8 Å². The second-order valence-corrected chi connectivity index (χ2v) is 10.8. The molecular weight excluding hydrogens is 470 g/mol. The van der Waals surface area contributed by atoms with Crippen LogP contribution in [-0.2, 0) is 35.5 Å². The van der Waals surface area contributed by atoms with Crippen LogP contribution < -0.4 is 9.46 Å². The van der Waals surface area contributed by atoms with Crippen LogP contribution in [0.5, 0.6) is 5.75 Å². The molecule has 1 N–H and O–H groups in total. The summed E-state index contributed by atoms with van der Waals surface area (Å²) in [6.07, 6.45) is 0.912. The first-order valence-electron chi connectivity index (χ1n) is 11.6. The van der Waals surface area contributed by atoms with E-state index in [0.717, 1.165) is 5.56 Å². The SMILES string of the molecule is CCOC(=O)CCCOc1ccc(C[C@H](NS(=O)(=O)c2ccccc2C)C(=O)OC(C)(C)C)cc1. The van der Waals surface area contributed by atoms with Crippen molar-refractivity contribution in [2.75, 3.05) is 13.2 Å². The Labute approximate surface area is 208 Å². The fourth-order valence-electron chi connectivity index (χ4n) is 3.25. The third kappa shape index (κ3) is 9.70. The van der Waals surface area contributed by atoms with Crippen LogP contribution in [0.4, 0.5) is 0 Å². The Morgan fingerprint density at radius 2 is 1.69 bits per heavy atom. The lowest BCUT2D eigenvalue weighted by molar-refractivity contribution is -0.157. The molecule has 1 atom stereocenters. The average molecular weight is 506 g/mol. The Morgan fingerprint density at radius 3 is 2.29 bits per heavy atom. The molecule has 0 saturated carbocycles. The van der Waals surface area contributed by atoms with E-state index >= 15 is 0 Å². The highest BCUT2D eigenvalue weighted by Gasteiger charge is 2.30. The molecule has 35 heavy (non-hydrogen) atoms. The second-order valence-electron chi connectivity index (χ2n) is 9.08. The maximum Gasteiger partial charge on any atom is 0.325 e. The molecule has 0 spiro atoms. The van der Waals surface area contributed by atoms with Crippen molar-refractivity contribution >= 4 is 22.0 Å². The number of carbonyl (C=O) groups is 2. The fourth-order valence-corrected chi connectivity index (χ4v) is 4.68. The molecule has 2 aromatic carbocycles. The maximum atomic E-state index is 13.0. The third-order valence-electron chi connectivity index (χ3n) is 4.83. The molecule has 0 fully saturated rings. The highest BCUT2D eigenvalue weighted by Crippen LogP contribution is 2.19. The van der Waals surface area contributed by atoms with Gasteiger partial charge in [-0.3, -0.25) is 9.59 Å². The van der Waals surface area contributed by atoms with Gasteiger partial charge in [0, 0.05) is 6.42 Å². The molecule has 8 nitrogen and oxygen atoms in total. The quantitative estimate of drug-likeness (QED) is 0.344. The number of esters is 2. The number of hydrogen-bond acceptors (Lipinski definition) is 7. The molecular formula is C26H35NO7S. The Balaban J connectivity index is 2.10. The van der Waals surface area contributed by atoms with E-state index in [1.165, 1.54) is 6.07 Å². The lowest BCUT2D eigenvalue weighted by atomic mass is 10.1. The highest BCUT2D eigenvalue weighted by atomic mass is 32.2. The molecule has 0 radical (unpaired) electrons. The van der Waals surface area contributed by atoms with Gasteiger partial charge in [-0.25, -0.2) is 8.42 Å². The minimum absolute atomic E-state index is 0.100. The van der Waals surface area contributed by atoms with E-state index in [0.29, 0.717) is 30.9 Å². The van der Waals surface area contributed by atoms with Crippen molar-refractivity contribution in [3.05, 3.63) is 59.7 Å². The summed E-state index contributed by atoms with van der Waals surface area (Å²) < 4.78 is 44.6. The summed E-state index contributed by atoms with van der Waals surface area (Å²) in [6, 6.07) is 12.5. The van der Waals surface area contributed by atoms with Crippen molar-refractivity contribution in [3.63, 3.8) is 0 Å². The normalized spacial score (nSPS) is 12.6. The van der Waals surface area contributed by atoms with Gasteiger partial charge in [0.25, 0.3) is 0 Å². The predicted molar refractivity (Wildman–Crippen MR) is 133 cm³/mol. The molecule has 0 aromatic heterocycles. The van der Waals surface area contributed by atoms with E-state index in [9.17, 15) is 18.0 Å². The van der Waals surface area contributed by atoms with Crippen molar-refractivity contribution in [2.24, 2.45) is 0 Å². The van der Waals surface area contributed by atoms with Gasteiger partial charge in [-0.2, -0.15) is 4.72 Å². The first kappa shape index (κ1) is 28.3. The van der Waals surface area contributed by atoms with Crippen molar-refractivity contribution < 1.29 is 32.2 Å². The monoisotopic (exact) mass is 505 g/mol. The number of benzene rings is 2. The maximum absolute atomic E-state index is 13.0. The van der Waals surface area contributed by atoms with Gasteiger partial charge in [0.15, 0.2) is 0 Å². The lowest BCUT2D eigenvalue weighted by Crippen LogP contribution is -2.45. The number of nitrogens with one attached hydrogen (secondary N) is 1. The first-order valence-corrected chi connectivity index (χ1v) is 13.1. The molecule has 0 aliphatic heterocycles. The van der Waals surface area contributed by atoms with Gasteiger partial charge in [-0.15, -0.1) is 0 Å². The summed E-state index contributed by atoms with van der Waals surface area (Å²) in [6.45, 7) is 9.35. The van der Waals surface area contributed by atoms with E-state index in [2.05, 4.69) is 4.72 Å². The molecule has 0 aliphatic rings. The molecule has 0 amide bonds. The molecule has 2 rings (SSSR count). The minimum atomic E-state index is -3.96. The number of rotatable bonds is 12. The number of sulfonamides is 1. The van der Waals surface area contributed by atoms with E-state index in [1.807, 2.05) is 0 Å². The second kappa shape index (κ2) is 12.7. The van der Waals surface area contributed by atoms with Crippen molar-refractivity contribution in [2.45, 2.75) is 70.4 Å². The molecule has 0 saturated heterocycles. The van der Waals surface area contributed by atoms with E-state index in [4.69, 9.17) is 14.2 Å². The lowest BCUT2D eigenvalue weighted by Gasteiger charge is -2.25. The number of aryl methyl sites for hydroxylation is 1. The first-order chi connectivity index (χ1) is 16.4. The van der Waals surface area contributed by atoms with E-state index < -0.39 is 27.6 Å². The Hall–Kier alpha value is -2.91. The molecule has 2 aromatic rings. The Morgan fingerprint density at radius 1 is 1.03 bits per heavy atom. The summed E-state index contributed by atoms with van der Waals surface area (Å²) >= 11 is 0. The van der Waals surface area contributed by atoms with Crippen LogP contribution in [0.25, 0.3) is 0 Å². The highest BCUT2D eigenvalue weighted by molar-refractivity contribution is 7.89. The van der Waals surface area contributed by atoms with Crippen molar-refractivity contribution in [1.82, 2.24) is 4.72 Å². The number of ether oxygens (including phenoxy) is 3. The van der Waals surface area contributed by atoms with Crippen LogP contribution in [0.3, 0.4) is 0 Å². The van der Waals surface area contributed by atoms with Gasteiger partial charge >= 0.3 is 11.9 Å². The zero-order valence-electron chi connectivity index (χ0n) is 21.0. The van der Waals surface area contributed by atoms with Crippen LogP contribution in [0.1, 0.15) is 51.7 Å². The standard InChI is InChI=1S/C26H35NO7S/c1-6-32-24(28)12-9-17-33-21-15-13-20(14-16-21)18-22(25(29)34-26(3,4)5)27-35(30,31)23-11-8-7-10-19(23)2/h7-8,10-11,13-16,22,27H,6,9,12,17-18H2,1-5H3/t22-/m0/s1. The topological polar surface area (TPSA) is 108 Å².